The van der Waals surface area contributed by atoms with E-state index in [0.717, 1.165) is 12.8 Å². The summed E-state index contributed by atoms with van der Waals surface area (Å²) in [4.78, 5) is 26.3. The zero-order chi connectivity index (χ0) is 18.6. The maximum absolute atomic E-state index is 14.3. The predicted molar refractivity (Wildman–Crippen MR) is 104 cm³/mol. The second-order valence-corrected chi connectivity index (χ2v) is 7.36. The third-order valence-corrected chi connectivity index (χ3v) is 4.59. The van der Waals surface area contributed by atoms with Crippen molar-refractivity contribution in [2.45, 2.75) is 46.1 Å². The van der Waals surface area contributed by atoms with Crippen molar-refractivity contribution in [3.05, 3.63) is 29.6 Å². The van der Waals surface area contributed by atoms with Gasteiger partial charge in [-0.25, -0.2) is 4.39 Å². The normalized spacial score (nSPS) is 19.8. The third kappa shape index (κ3) is 5.68. The number of nitrogens with one attached hydrogen (secondary N) is 1. The average Bonchev–Trinajstić information content (AvgIpc) is 2.55. The van der Waals surface area contributed by atoms with Crippen LogP contribution in [0.25, 0.3) is 0 Å². The van der Waals surface area contributed by atoms with Crippen molar-refractivity contribution < 1.29 is 14.0 Å². The Hall–Kier alpha value is -1.66. The van der Waals surface area contributed by atoms with E-state index in [1.807, 2.05) is 13.8 Å². The van der Waals surface area contributed by atoms with Gasteiger partial charge in [0.2, 0.25) is 5.91 Å². The van der Waals surface area contributed by atoms with Gasteiger partial charge in [0.25, 0.3) is 5.91 Å². The molecule has 1 saturated heterocycles. The highest BCUT2D eigenvalue weighted by Gasteiger charge is 2.29. The molecule has 1 aliphatic rings. The van der Waals surface area contributed by atoms with Crippen molar-refractivity contribution >= 4 is 29.9 Å². The van der Waals surface area contributed by atoms with Crippen LogP contribution in [0.1, 0.15) is 50.4 Å². The second kappa shape index (κ2) is 9.88. The number of hydrogen-bond donors (Lipinski definition) is 2. The topological polar surface area (TPSA) is 75.4 Å². The van der Waals surface area contributed by atoms with Crippen molar-refractivity contribution in [3.8, 4) is 0 Å². The Kier molecular flexibility index (Phi) is 8.50. The highest BCUT2D eigenvalue weighted by Crippen LogP contribution is 2.25. The molecule has 1 aromatic carbocycles. The van der Waals surface area contributed by atoms with Crippen LogP contribution in [0, 0.1) is 17.7 Å². The zero-order valence-corrected chi connectivity index (χ0v) is 16.4. The molecular formula is C19H29ClFN3O2. The molecule has 1 aliphatic heterocycles. The monoisotopic (exact) mass is 385 g/mol. The molecule has 0 aromatic heterocycles. The number of piperidine rings is 1. The molecule has 7 heteroatoms. The van der Waals surface area contributed by atoms with Gasteiger partial charge in [-0.3, -0.25) is 9.59 Å². The van der Waals surface area contributed by atoms with E-state index in [4.69, 9.17) is 5.73 Å². The van der Waals surface area contributed by atoms with Crippen molar-refractivity contribution in [2.24, 2.45) is 17.6 Å². The first-order chi connectivity index (χ1) is 11.8. The summed E-state index contributed by atoms with van der Waals surface area (Å²) in [5.41, 5.74) is 6.19. The molecule has 0 saturated carbocycles. The van der Waals surface area contributed by atoms with Gasteiger partial charge in [0.15, 0.2) is 0 Å². The Morgan fingerprint density at radius 1 is 1.38 bits per heavy atom. The van der Waals surface area contributed by atoms with Gasteiger partial charge < -0.3 is 16.0 Å². The van der Waals surface area contributed by atoms with Gasteiger partial charge in [0.05, 0.1) is 5.69 Å². The van der Waals surface area contributed by atoms with E-state index in [9.17, 15) is 14.0 Å². The van der Waals surface area contributed by atoms with E-state index in [-0.39, 0.29) is 47.4 Å². The molecule has 5 nitrogen and oxygen atoms in total. The number of amides is 2. The number of nitrogens with zero attached hydrogens (tertiary/aromatic N) is 1. The minimum atomic E-state index is -0.599. The quantitative estimate of drug-likeness (QED) is 0.815. The van der Waals surface area contributed by atoms with Gasteiger partial charge >= 0.3 is 0 Å². The number of halogens is 2. The van der Waals surface area contributed by atoms with Gasteiger partial charge in [-0.2, -0.15) is 0 Å². The number of nitrogens with two attached hydrogens (primary N) is 1. The maximum Gasteiger partial charge on any atom is 0.254 e. The highest BCUT2D eigenvalue weighted by atomic mass is 35.5. The lowest BCUT2D eigenvalue weighted by Gasteiger charge is -2.38. The molecule has 0 aliphatic carbocycles. The van der Waals surface area contributed by atoms with Crippen LogP contribution >= 0.6 is 12.4 Å². The standard InChI is InChI=1S/C19H28FN3O2.ClH/c1-12(2)8-18(24)22-17-5-4-14(10-16(17)20)19(25)23-7-6-13(3)9-15(23)11-21;/h4-5,10,12-13,15H,6-9,11,21H2,1-3H3,(H,22,24);1H. The number of rotatable bonds is 5. The fourth-order valence-corrected chi connectivity index (χ4v) is 3.23. The molecular weight excluding hydrogens is 357 g/mol. The zero-order valence-electron chi connectivity index (χ0n) is 15.6. The molecule has 0 bridgehead atoms. The molecule has 1 fully saturated rings. The first-order valence-corrected chi connectivity index (χ1v) is 8.92. The van der Waals surface area contributed by atoms with E-state index >= 15 is 0 Å². The summed E-state index contributed by atoms with van der Waals surface area (Å²) in [6, 6.07) is 4.19. The second-order valence-electron chi connectivity index (χ2n) is 7.36. The van der Waals surface area contributed by atoms with Gasteiger partial charge in [-0.05, 0) is 42.9 Å². The van der Waals surface area contributed by atoms with Gasteiger partial charge in [0, 0.05) is 31.1 Å². The molecule has 0 radical (unpaired) electrons. The van der Waals surface area contributed by atoms with Gasteiger partial charge in [-0.1, -0.05) is 20.8 Å². The van der Waals surface area contributed by atoms with E-state index < -0.39 is 5.82 Å². The van der Waals surface area contributed by atoms with Gasteiger partial charge in [-0.15, -0.1) is 12.4 Å². The van der Waals surface area contributed by atoms with Crippen molar-refractivity contribution in [3.63, 3.8) is 0 Å². The minimum Gasteiger partial charge on any atom is -0.334 e. The molecule has 0 spiro atoms. The summed E-state index contributed by atoms with van der Waals surface area (Å²) in [6.07, 6.45) is 2.12. The van der Waals surface area contributed by atoms with Crippen LogP contribution in [-0.2, 0) is 4.79 Å². The summed E-state index contributed by atoms with van der Waals surface area (Å²) < 4.78 is 14.3. The summed E-state index contributed by atoms with van der Waals surface area (Å²) >= 11 is 0. The van der Waals surface area contributed by atoms with Crippen molar-refractivity contribution in [1.82, 2.24) is 4.90 Å². The maximum atomic E-state index is 14.3. The lowest BCUT2D eigenvalue weighted by Crippen LogP contribution is -2.49. The van der Waals surface area contributed by atoms with Crippen molar-refractivity contribution in [1.29, 1.82) is 0 Å². The van der Waals surface area contributed by atoms with Crippen LogP contribution in [0.4, 0.5) is 10.1 Å². The number of carbonyl (C=O) groups is 2. The molecule has 2 atom stereocenters. The Morgan fingerprint density at radius 2 is 2.08 bits per heavy atom. The lowest BCUT2D eigenvalue weighted by atomic mass is 9.92. The Labute approximate surface area is 160 Å². The Bertz CT molecular complexity index is 639. The van der Waals surface area contributed by atoms with E-state index in [1.54, 1.807) is 11.0 Å². The molecule has 2 amide bonds. The van der Waals surface area contributed by atoms with E-state index in [1.165, 1.54) is 12.1 Å². The summed E-state index contributed by atoms with van der Waals surface area (Å²) in [6.45, 7) is 7.03. The number of likely N-dealkylation sites (tertiary alicyclic amines) is 1. The highest BCUT2D eigenvalue weighted by molar-refractivity contribution is 5.96. The van der Waals surface area contributed by atoms with Crippen LogP contribution in [-0.4, -0.2) is 35.8 Å². The third-order valence-electron chi connectivity index (χ3n) is 4.59. The minimum absolute atomic E-state index is 0. The lowest BCUT2D eigenvalue weighted by molar-refractivity contribution is -0.116. The van der Waals surface area contributed by atoms with Crippen molar-refractivity contribution in [2.75, 3.05) is 18.4 Å². The van der Waals surface area contributed by atoms with Gasteiger partial charge in [0.1, 0.15) is 5.82 Å². The first-order valence-electron chi connectivity index (χ1n) is 8.92. The molecule has 1 heterocycles. The molecule has 3 N–H and O–H groups in total. The van der Waals surface area contributed by atoms with E-state index in [0.29, 0.717) is 25.4 Å². The van der Waals surface area contributed by atoms with Crippen LogP contribution in [0.15, 0.2) is 18.2 Å². The predicted octanol–water partition coefficient (Wildman–Crippen LogP) is 3.43. The SMILES string of the molecule is CC(C)CC(=O)Nc1ccc(C(=O)N2CCC(C)CC2CN)cc1F.Cl. The Balaban J connectivity index is 0.00000338. The Morgan fingerprint density at radius 3 is 2.65 bits per heavy atom. The number of hydrogen-bond acceptors (Lipinski definition) is 3. The van der Waals surface area contributed by atoms with Crippen LogP contribution < -0.4 is 11.1 Å². The molecule has 2 unspecified atom stereocenters. The van der Waals surface area contributed by atoms with Crippen LogP contribution in [0.2, 0.25) is 0 Å². The molecule has 146 valence electrons. The largest absolute Gasteiger partial charge is 0.334 e. The summed E-state index contributed by atoms with van der Waals surface area (Å²) in [7, 11) is 0. The smallest absolute Gasteiger partial charge is 0.254 e. The first kappa shape index (κ1) is 22.4. The summed E-state index contributed by atoms with van der Waals surface area (Å²) in [5, 5.41) is 2.55. The fourth-order valence-electron chi connectivity index (χ4n) is 3.23. The van der Waals surface area contributed by atoms with E-state index in [2.05, 4.69) is 12.2 Å². The summed E-state index contributed by atoms with van der Waals surface area (Å²) in [5.74, 6) is -0.313. The number of carbonyl (C=O) groups excluding carboxylic acids is 2. The average molecular weight is 386 g/mol. The molecule has 1 aromatic rings. The number of benzene rings is 1. The van der Waals surface area contributed by atoms with Crippen LogP contribution in [0.3, 0.4) is 0 Å². The number of anilines is 1. The fraction of sp³-hybridized carbons (Fsp3) is 0.579. The molecule has 2 rings (SSSR count). The van der Waals surface area contributed by atoms with Crippen LogP contribution in [0.5, 0.6) is 0 Å². The molecule has 26 heavy (non-hydrogen) atoms.